The van der Waals surface area contributed by atoms with E-state index in [1.165, 1.54) is 6.42 Å². The summed E-state index contributed by atoms with van der Waals surface area (Å²) in [6.45, 7) is 4.61. The van der Waals surface area contributed by atoms with Gasteiger partial charge in [0, 0.05) is 30.9 Å². The molecule has 0 radical (unpaired) electrons. The first-order chi connectivity index (χ1) is 9.95. The van der Waals surface area contributed by atoms with Crippen LogP contribution in [0.4, 0.5) is 5.69 Å². The van der Waals surface area contributed by atoms with Crippen molar-refractivity contribution in [3.05, 3.63) is 29.8 Å². The van der Waals surface area contributed by atoms with Crippen LogP contribution in [-0.4, -0.2) is 49.3 Å². The third-order valence-corrected chi connectivity index (χ3v) is 6.49. The highest BCUT2D eigenvalue weighted by molar-refractivity contribution is 7.88. The summed E-state index contributed by atoms with van der Waals surface area (Å²) in [7, 11) is -3.27. The second-order valence-corrected chi connectivity index (χ2v) is 8.13. The van der Waals surface area contributed by atoms with Crippen LogP contribution in [0.15, 0.2) is 24.3 Å². The van der Waals surface area contributed by atoms with Crippen LogP contribution < -0.4 is 5.73 Å². The summed E-state index contributed by atoms with van der Waals surface area (Å²) >= 11 is 0. The molecular formula is C15H23N3O2S. The number of fused-ring (bicyclic) bond motifs is 1. The molecular weight excluding hydrogens is 286 g/mol. The van der Waals surface area contributed by atoms with Crippen molar-refractivity contribution in [2.24, 2.45) is 0 Å². The van der Waals surface area contributed by atoms with Gasteiger partial charge in [0.05, 0.1) is 5.75 Å². The van der Waals surface area contributed by atoms with Crippen LogP contribution in [0.3, 0.4) is 0 Å². The van der Waals surface area contributed by atoms with Crippen molar-refractivity contribution in [3.8, 4) is 0 Å². The van der Waals surface area contributed by atoms with Gasteiger partial charge >= 0.3 is 0 Å². The Labute approximate surface area is 126 Å². The van der Waals surface area contributed by atoms with Gasteiger partial charge in [-0.3, -0.25) is 4.90 Å². The van der Waals surface area contributed by atoms with Crippen molar-refractivity contribution in [2.75, 3.05) is 25.4 Å². The average molecular weight is 309 g/mol. The van der Waals surface area contributed by atoms with E-state index in [0.29, 0.717) is 18.3 Å². The molecule has 2 atom stereocenters. The van der Waals surface area contributed by atoms with Crippen LogP contribution in [0, 0.1) is 0 Å². The molecule has 2 unspecified atom stereocenters. The third-order valence-electron chi connectivity index (χ3n) is 4.57. The first kappa shape index (κ1) is 14.8. The normalized spacial score (nSPS) is 27.7. The minimum Gasteiger partial charge on any atom is -0.399 e. The standard InChI is InChI=1S/C15H23N3O2S/c1-12-9-17-8-2-3-15(17)10-18(12)21(19,20)11-13-4-6-14(16)7-5-13/h4-7,12,15H,2-3,8-11,16H2,1H3. The lowest BCUT2D eigenvalue weighted by Gasteiger charge is -2.41. The van der Waals surface area contributed by atoms with Gasteiger partial charge in [-0.2, -0.15) is 4.31 Å². The van der Waals surface area contributed by atoms with E-state index in [0.717, 1.165) is 25.1 Å². The molecule has 6 heteroatoms. The minimum absolute atomic E-state index is 0.0538. The summed E-state index contributed by atoms with van der Waals surface area (Å²) in [5.41, 5.74) is 7.10. The Balaban J connectivity index is 1.76. The van der Waals surface area contributed by atoms with Gasteiger partial charge < -0.3 is 5.73 Å². The maximum Gasteiger partial charge on any atom is 0.218 e. The molecule has 0 saturated carbocycles. The average Bonchev–Trinajstić information content (AvgIpc) is 2.87. The zero-order valence-electron chi connectivity index (χ0n) is 12.4. The molecule has 21 heavy (non-hydrogen) atoms. The lowest BCUT2D eigenvalue weighted by molar-refractivity contribution is 0.117. The van der Waals surface area contributed by atoms with Crippen LogP contribution in [0.1, 0.15) is 25.3 Å². The van der Waals surface area contributed by atoms with Crippen molar-refractivity contribution in [1.82, 2.24) is 9.21 Å². The Morgan fingerprint density at radius 1 is 1.24 bits per heavy atom. The van der Waals surface area contributed by atoms with Gasteiger partial charge in [-0.15, -0.1) is 0 Å². The number of rotatable bonds is 3. The van der Waals surface area contributed by atoms with E-state index in [1.54, 1.807) is 28.6 Å². The molecule has 2 aliphatic rings. The molecule has 0 aliphatic carbocycles. The number of piperazine rings is 1. The highest BCUT2D eigenvalue weighted by Crippen LogP contribution is 2.27. The van der Waals surface area contributed by atoms with E-state index >= 15 is 0 Å². The van der Waals surface area contributed by atoms with Crippen molar-refractivity contribution < 1.29 is 8.42 Å². The summed E-state index contributed by atoms with van der Waals surface area (Å²) in [5, 5.41) is 0. The quantitative estimate of drug-likeness (QED) is 0.854. The van der Waals surface area contributed by atoms with Crippen LogP contribution in [0.25, 0.3) is 0 Å². The Kier molecular flexibility index (Phi) is 3.94. The maximum atomic E-state index is 12.7. The molecule has 2 N–H and O–H groups in total. The molecule has 2 saturated heterocycles. The number of sulfonamides is 1. The lowest BCUT2D eigenvalue weighted by Crippen LogP contribution is -2.56. The molecule has 0 amide bonds. The molecule has 0 spiro atoms. The van der Waals surface area contributed by atoms with Gasteiger partial charge in [-0.05, 0) is 44.0 Å². The molecule has 5 nitrogen and oxygen atoms in total. The summed E-state index contributed by atoms with van der Waals surface area (Å²) < 4.78 is 27.1. The molecule has 2 aliphatic heterocycles. The molecule has 0 bridgehead atoms. The number of nitrogen functional groups attached to an aromatic ring is 1. The minimum atomic E-state index is -3.27. The van der Waals surface area contributed by atoms with Crippen LogP contribution >= 0.6 is 0 Å². The number of hydrogen-bond acceptors (Lipinski definition) is 4. The fraction of sp³-hybridized carbons (Fsp3) is 0.600. The largest absolute Gasteiger partial charge is 0.399 e. The van der Waals surface area contributed by atoms with Crippen LogP contribution in [0.2, 0.25) is 0 Å². The van der Waals surface area contributed by atoms with E-state index in [2.05, 4.69) is 4.90 Å². The van der Waals surface area contributed by atoms with Crippen molar-refractivity contribution in [1.29, 1.82) is 0 Å². The number of nitrogens with zero attached hydrogens (tertiary/aromatic N) is 2. The summed E-state index contributed by atoms with van der Waals surface area (Å²) in [6, 6.07) is 7.56. The van der Waals surface area contributed by atoms with E-state index < -0.39 is 10.0 Å². The predicted molar refractivity (Wildman–Crippen MR) is 84.2 cm³/mol. The first-order valence-electron chi connectivity index (χ1n) is 7.54. The third kappa shape index (κ3) is 3.07. The summed E-state index contributed by atoms with van der Waals surface area (Å²) in [4.78, 5) is 2.43. The zero-order chi connectivity index (χ0) is 15.0. The second kappa shape index (κ2) is 5.59. The van der Waals surface area contributed by atoms with E-state index in [4.69, 9.17) is 5.73 Å². The second-order valence-electron chi connectivity index (χ2n) is 6.21. The first-order valence-corrected chi connectivity index (χ1v) is 9.14. The Morgan fingerprint density at radius 2 is 1.95 bits per heavy atom. The van der Waals surface area contributed by atoms with E-state index in [9.17, 15) is 8.42 Å². The number of hydrogen-bond donors (Lipinski definition) is 1. The van der Waals surface area contributed by atoms with Gasteiger partial charge in [-0.1, -0.05) is 12.1 Å². The highest BCUT2D eigenvalue weighted by Gasteiger charge is 2.39. The molecule has 2 heterocycles. The van der Waals surface area contributed by atoms with Gasteiger partial charge in [-0.25, -0.2) is 8.42 Å². The Hall–Kier alpha value is -1.11. The fourth-order valence-electron chi connectivity index (χ4n) is 3.46. The fourth-order valence-corrected chi connectivity index (χ4v) is 5.25. The summed E-state index contributed by atoms with van der Waals surface area (Å²) in [5.74, 6) is 0.0599. The maximum absolute atomic E-state index is 12.7. The van der Waals surface area contributed by atoms with E-state index in [1.807, 2.05) is 6.92 Å². The molecule has 3 rings (SSSR count). The molecule has 1 aromatic carbocycles. The topological polar surface area (TPSA) is 66.6 Å². The van der Waals surface area contributed by atoms with Gasteiger partial charge in [0.1, 0.15) is 0 Å². The Morgan fingerprint density at radius 3 is 2.67 bits per heavy atom. The van der Waals surface area contributed by atoms with Crippen LogP contribution in [-0.2, 0) is 15.8 Å². The monoisotopic (exact) mass is 309 g/mol. The molecule has 116 valence electrons. The number of benzene rings is 1. The highest BCUT2D eigenvalue weighted by atomic mass is 32.2. The van der Waals surface area contributed by atoms with E-state index in [-0.39, 0.29) is 11.8 Å². The van der Waals surface area contributed by atoms with Crippen molar-refractivity contribution >= 4 is 15.7 Å². The molecule has 2 fully saturated rings. The number of nitrogens with two attached hydrogens (primary N) is 1. The van der Waals surface area contributed by atoms with Crippen LogP contribution in [0.5, 0.6) is 0 Å². The smallest absolute Gasteiger partial charge is 0.218 e. The SMILES string of the molecule is CC1CN2CCCC2CN1S(=O)(=O)Cc1ccc(N)cc1. The predicted octanol–water partition coefficient (Wildman–Crippen LogP) is 1.27. The van der Waals surface area contributed by atoms with Gasteiger partial charge in [0.25, 0.3) is 0 Å². The van der Waals surface area contributed by atoms with Crippen molar-refractivity contribution in [3.63, 3.8) is 0 Å². The molecule has 1 aromatic rings. The van der Waals surface area contributed by atoms with Gasteiger partial charge in [0.15, 0.2) is 0 Å². The zero-order valence-corrected chi connectivity index (χ0v) is 13.2. The summed E-state index contributed by atoms with van der Waals surface area (Å²) in [6.07, 6.45) is 2.30. The number of anilines is 1. The Bertz CT molecular complexity index is 600. The van der Waals surface area contributed by atoms with Gasteiger partial charge in [0.2, 0.25) is 10.0 Å². The molecule has 0 aromatic heterocycles. The lowest BCUT2D eigenvalue weighted by atomic mass is 10.1. The van der Waals surface area contributed by atoms with Crippen molar-refractivity contribution in [2.45, 2.75) is 37.6 Å².